The molecule has 0 aliphatic heterocycles. The Morgan fingerprint density at radius 3 is 2.44 bits per heavy atom. The van der Waals surface area contributed by atoms with Crippen molar-refractivity contribution in [2.75, 3.05) is 13.3 Å². The van der Waals surface area contributed by atoms with Crippen LogP contribution < -0.4 is 16.4 Å². The quantitative estimate of drug-likeness (QED) is 0.486. The highest BCUT2D eigenvalue weighted by Crippen LogP contribution is 2.18. The van der Waals surface area contributed by atoms with Crippen LogP contribution in [0.4, 0.5) is 0 Å². The molecule has 4 N–H and O–H groups in total. The van der Waals surface area contributed by atoms with Crippen molar-refractivity contribution in [2.45, 2.75) is 32.7 Å². The average molecular weight is 221 g/mol. The van der Waals surface area contributed by atoms with Crippen LogP contribution in [-0.4, -0.2) is 13.3 Å². The van der Waals surface area contributed by atoms with E-state index >= 15 is 0 Å². The zero-order valence-electron chi connectivity index (χ0n) is 10.3. The smallest absolute Gasteiger partial charge is 0.0467 e. The fraction of sp³-hybridized carbons (Fsp3) is 0.538. The maximum absolute atomic E-state index is 5.33. The summed E-state index contributed by atoms with van der Waals surface area (Å²) in [4.78, 5) is 0. The first-order valence-electron chi connectivity index (χ1n) is 5.98. The van der Waals surface area contributed by atoms with Gasteiger partial charge in [0.15, 0.2) is 0 Å². The molecule has 3 nitrogen and oxygen atoms in total. The van der Waals surface area contributed by atoms with Gasteiger partial charge in [0.25, 0.3) is 0 Å². The second kappa shape index (κ2) is 7.39. The second-order valence-corrected chi connectivity index (χ2v) is 4.11. The molecule has 0 saturated heterocycles. The van der Waals surface area contributed by atoms with Crippen LogP contribution in [0.1, 0.15) is 37.3 Å². The largest absolute Gasteiger partial charge is 0.318 e. The van der Waals surface area contributed by atoms with E-state index < -0.39 is 0 Å². The first-order chi connectivity index (χ1) is 7.77. The Kier molecular flexibility index (Phi) is 6.08. The van der Waals surface area contributed by atoms with Crippen molar-refractivity contribution in [3.8, 4) is 0 Å². The summed E-state index contributed by atoms with van der Waals surface area (Å²) < 4.78 is 0. The molecule has 1 atom stereocenters. The van der Waals surface area contributed by atoms with Crippen molar-refractivity contribution in [2.24, 2.45) is 5.73 Å². The van der Waals surface area contributed by atoms with Crippen molar-refractivity contribution < 1.29 is 0 Å². The molecule has 0 bridgehead atoms. The normalized spacial score (nSPS) is 12.7. The van der Waals surface area contributed by atoms with Gasteiger partial charge in [-0.05, 0) is 23.5 Å². The molecule has 0 aromatic heterocycles. The molecule has 0 amide bonds. The van der Waals surface area contributed by atoms with Gasteiger partial charge in [0, 0.05) is 19.9 Å². The van der Waals surface area contributed by atoms with Gasteiger partial charge in [-0.2, -0.15) is 0 Å². The van der Waals surface area contributed by atoms with Crippen LogP contribution in [0.15, 0.2) is 24.3 Å². The zero-order valence-corrected chi connectivity index (χ0v) is 10.3. The first-order valence-corrected chi connectivity index (χ1v) is 5.98. The van der Waals surface area contributed by atoms with Gasteiger partial charge in [-0.1, -0.05) is 38.1 Å². The van der Waals surface area contributed by atoms with Gasteiger partial charge in [-0.25, -0.2) is 0 Å². The Bertz CT molecular complexity index is 282. The molecule has 1 rings (SSSR count). The van der Waals surface area contributed by atoms with Crippen LogP contribution in [0.25, 0.3) is 0 Å². The highest BCUT2D eigenvalue weighted by Gasteiger charge is 2.01. The van der Waals surface area contributed by atoms with Crippen LogP contribution in [0.3, 0.4) is 0 Å². The van der Waals surface area contributed by atoms with Crippen molar-refractivity contribution in [3.05, 3.63) is 35.4 Å². The monoisotopic (exact) mass is 221 g/mol. The van der Waals surface area contributed by atoms with Gasteiger partial charge in [-0.3, -0.25) is 5.32 Å². The highest BCUT2D eigenvalue weighted by atomic mass is 15.1. The summed E-state index contributed by atoms with van der Waals surface area (Å²) in [5, 5.41) is 6.30. The minimum Gasteiger partial charge on any atom is -0.318 e. The molecule has 0 aliphatic carbocycles. The molecule has 0 fully saturated rings. The van der Waals surface area contributed by atoms with Crippen LogP contribution in [0, 0.1) is 0 Å². The van der Waals surface area contributed by atoms with Crippen molar-refractivity contribution in [3.63, 3.8) is 0 Å². The number of rotatable bonds is 7. The minimum atomic E-state index is 0.514. The molecule has 3 heteroatoms. The highest BCUT2D eigenvalue weighted by molar-refractivity contribution is 5.24. The molecule has 0 saturated carbocycles. The van der Waals surface area contributed by atoms with Crippen LogP contribution >= 0.6 is 0 Å². The number of hydrogen-bond acceptors (Lipinski definition) is 3. The van der Waals surface area contributed by atoms with Gasteiger partial charge in [0.05, 0.1) is 0 Å². The summed E-state index contributed by atoms with van der Waals surface area (Å²) in [6, 6.07) is 8.83. The Balaban J connectivity index is 2.39. The second-order valence-electron chi connectivity index (χ2n) is 4.11. The Hall–Kier alpha value is -0.900. The molecule has 1 unspecified atom stereocenters. The molecule has 90 valence electrons. The summed E-state index contributed by atoms with van der Waals surface area (Å²) in [7, 11) is 0. The zero-order chi connectivity index (χ0) is 11.8. The maximum atomic E-state index is 5.33. The fourth-order valence-electron chi connectivity index (χ4n) is 1.57. The van der Waals surface area contributed by atoms with Crippen LogP contribution in [-0.2, 0) is 6.54 Å². The minimum absolute atomic E-state index is 0.514. The van der Waals surface area contributed by atoms with E-state index in [-0.39, 0.29) is 0 Å². The van der Waals surface area contributed by atoms with E-state index in [2.05, 4.69) is 48.7 Å². The number of benzene rings is 1. The van der Waals surface area contributed by atoms with E-state index in [0.717, 1.165) is 13.2 Å². The third-order valence-electron chi connectivity index (χ3n) is 2.88. The maximum Gasteiger partial charge on any atom is 0.0467 e. The van der Waals surface area contributed by atoms with Gasteiger partial charge >= 0.3 is 0 Å². The molecule has 0 radical (unpaired) electrons. The Morgan fingerprint density at radius 2 is 1.88 bits per heavy atom. The van der Waals surface area contributed by atoms with E-state index in [1.54, 1.807) is 0 Å². The summed E-state index contributed by atoms with van der Waals surface area (Å²) in [6.45, 7) is 6.63. The lowest BCUT2D eigenvalue weighted by atomic mass is 9.98. The van der Waals surface area contributed by atoms with Crippen molar-refractivity contribution in [1.29, 1.82) is 0 Å². The molecular formula is C13H23N3. The van der Waals surface area contributed by atoms with Crippen molar-refractivity contribution >= 4 is 0 Å². The SMILES string of the molecule is CCC(C)c1ccc(CNCNCN)cc1. The van der Waals surface area contributed by atoms with Gasteiger partial charge in [0.2, 0.25) is 0 Å². The first kappa shape index (κ1) is 13.2. The van der Waals surface area contributed by atoms with Gasteiger partial charge in [0.1, 0.15) is 0 Å². The van der Waals surface area contributed by atoms with Crippen LogP contribution in [0.5, 0.6) is 0 Å². The standard InChI is InChI=1S/C13H23N3/c1-3-11(2)13-6-4-12(5-7-13)8-15-10-16-9-14/h4-7,11,15-16H,3,8-10,14H2,1-2H3. The number of nitrogens with one attached hydrogen (secondary N) is 2. The lowest BCUT2D eigenvalue weighted by Gasteiger charge is -2.10. The molecule has 0 heterocycles. The molecule has 16 heavy (non-hydrogen) atoms. The van der Waals surface area contributed by atoms with Crippen LogP contribution in [0.2, 0.25) is 0 Å². The topological polar surface area (TPSA) is 50.1 Å². The predicted molar refractivity (Wildman–Crippen MR) is 69.0 cm³/mol. The van der Waals surface area contributed by atoms with E-state index in [1.807, 2.05) is 0 Å². The van der Waals surface area contributed by atoms with Crippen molar-refractivity contribution in [1.82, 2.24) is 10.6 Å². The third-order valence-corrected chi connectivity index (χ3v) is 2.88. The third kappa shape index (κ3) is 4.31. The van der Waals surface area contributed by atoms with Gasteiger partial charge < -0.3 is 11.1 Å². The molecule has 1 aromatic carbocycles. The predicted octanol–water partition coefficient (Wildman–Crippen LogP) is 1.75. The van der Waals surface area contributed by atoms with E-state index in [4.69, 9.17) is 5.73 Å². The lowest BCUT2D eigenvalue weighted by Crippen LogP contribution is -2.32. The summed E-state index contributed by atoms with van der Waals surface area (Å²) in [5.74, 6) is 0.654. The lowest BCUT2D eigenvalue weighted by molar-refractivity contribution is 0.591. The summed E-state index contributed by atoms with van der Waals surface area (Å²) in [5.41, 5.74) is 8.06. The number of hydrogen-bond donors (Lipinski definition) is 3. The van der Waals surface area contributed by atoms with E-state index in [0.29, 0.717) is 12.6 Å². The number of nitrogens with two attached hydrogens (primary N) is 1. The molecule has 0 aliphatic rings. The average Bonchev–Trinajstić information content (AvgIpc) is 2.34. The molecular weight excluding hydrogens is 198 g/mol. The Morgan fingerprint density at radius 1 is 1.19 bits per heavy atom. The van der Waals surface area contributed by atoms with Gasteiger partial charge in [-0.15, -0.1) is 0 Å². The summed E-state index contributed by atoms with van der Waals surface area (Å²) >= 11 is 0. The Labute approximate surface area is 98.4 Å². The van der Waals surface area contributed by atoms with E-state index in [9.17, 15) is 0 Å². The molecule has 1 aromatic rings. The molecule has 0 spiro atoms. The summed E-state index contributed by atoms with van der Waals surface area (Å²) in [6.07, 6.45) is 1.19. The fourth-order valence-corrected chi connectivity index (χ4v) is 1.57. The van der Waals surface area contributed by atoms with E-state index in [1.165, 1.54) is 17.5 Å².